The molecule has 8 nitrogen and oxygen atoms in total. The topological polar surface area (TPSA) is 116 Å². The van der Waals surface area contributed by atoms with Gasteiger partial charge in [0.05, 0.1) is 10.6 Å². The second kappa shape index (κ2) is 5.61. The van der Waals surface area contributed by atoms with Crippen molar-refractivity contribution in [2.75, 3.05) is 5.32 Å². The van der Waals surface area contributed by atoms with E-state index in [9.17, 15) is 14.9 Å². The summed E-state index contributed by atoms with van der Waals surface area (Å²) in [5.74, 6) is -0.701. The molecule has 3 N–H and O–H groups in total. The standard InChI is InChI=1S/C13H15N5O3/c1-8-10(7-17(2)16-8)6-15-11-4-3-9(13(14)19)5-12(11)18(20)21/h3-5,7,15H,6H2,1-2H3,(H2,14,19). The number of aryl methyl sites for hydroxylation is 2. The molecule has 21 heavy (non-hydrogen) atoms. The van der Waals surface area contributed by atoms with Gasteiger partial charge in [-0.2, -0.15) is 5.10 Å². The minimum Gasteiger partial charge on any atom is -0.375 e. The van der Waals surface area contributed by atoms with Crippen LogP contribution in [0.25, 0.3) is 0 Å². The van der Waals surface area contributed by atoms with Crippen LogP contribution in [0.3, 0.4) is 0 Å². The molecule has 0 spiro atoms. The summed E-state index contributed by atoms with van der Waals surface area (Å²) in [6, 6.07) is 4.10. The van der Waals surface area contributed by atoms with Crippen LogP contribution in [0.4, 0.5) is 11.4 Å². The summed E-state index contributed by atoms with van der Waals surface area (Å²) in [5.41, 5.74) is 7.15. The first-order chi connectivity index (χ1) is 9.88. The first-order valence-corrected chi connectivity index (χ1v) is 6.19. The molecule has 2 rings (SSSR count). The molecule has 0 atom stereocenters. The third kappa shape index (κ3) is 3.16. The lowest BCUT2D eigenvalue weighted by Gasteiger charge is -2.07. The van der Waals surface area contributed by atoms with Crippen molar-refractivity contribution < 1.29 is 9.72 Å². The molecule has 0 saturated heterocycles. The fraction of sp³-hybridized carbons (Fsp3) is 0.231. The molecule has 0 aliphatic rings. The fourth-order valence-electron chi connectivity index (χ4n) is 2.00. The SMILES string of the molecule is Cc1nn(C)cc1CNc1ccc(C(N)=O)cc1[N+](=O)[O-]. The monoisotopic (exact) mass is 289 g/mol. The number of carbonyl (C=O) groups is 1. The van der Waals surface area contributed by atoms with Gasteiger partial charge in [0.15, 0.2) is 0 Å². The average Bonchev–Trinajstić information content (AvgIpc) is 2.74. The molecule has 0 fully saturated rings. The van der Waals surface area contributed by atoms with Crippen LogP contribution >= 0.6 is 0 Å². The van der Waals surface area contributed by atoms with Crippen molar-refractivity contribution in [3.05, 3.63) is 51.3 Å². The Kier molecular flexibility index (Phi) is 3.88. The lowest BCUT2D eigenvalue weighted by molar-refractivity contribution is -0.384. The van der Waals surface area contributed by atoms with E-state index in [2.05, 4.69) is 10.4 Å². The highest BCUT2D eigenvalue weighted by molar-refractivity contribution is 5.94. The Labute approximate surface area is 120 Å². The van der Waals surface area contributed by atoms with E-state index in [1.807, 2.05) is 13.1 Å². The van der Waals surface area contributed by atoms with Crippen LogP contribution in [-0.2, 0) is 13.6 Å². The lowest BCUT2D eigenvalue weighted by Crippen LogP contribution is -2.12. The van der Waals surface area contributed by atoms with Gasteiger partial charge in [-0.25, -0.2) is 0 Å². The van der Waals surface area contributed by atoms with E-state index in [4.69, 9.17) is 5.73 Å². The Balaban J connectivity index is 2.25. The van der Waals surface area contributed by atoms with Crippen molar-refractivity contribution in [3.8, 4) is 0 Å². The molecular weight excluding hydrogens is 274 g/mol. The Bertz CT molecular complexity index is 708. The van der Waals surface area contributed by atoms with Gasteiger partial charge in [-0.15, -0.1) is 0 Å². The van der Waals surface area contributed by atoms with Crippen LogP contribution < -0.4 is 11.1 Å². The molecule has 110 valence electrons. The molecule has 1 aromatic heterocycles. The number of nitrogens with zero attached hydrogens (tertiary/aromatic N) is 3. The first kappa shape index (κ1) is 14.5. The maximum Gasteiger partial charge on any atom is 0.293 e. The van der Waals surface area contributed by atoms with Crippen molar-refractivity contribution in [2.24, 2.45) is 12.8 Å². The Morgan fingerprint density at radius 1 is 1.52 bits per heavy atom. The molecule has 2 aromatic rings. The van der Waals surface area contributed by atoms with Crippen molar-refractivity contribution in [2.45, 2.75) is 13.5 Å². The molecular formula is C13H15N5O3. The molecule has 1 amide bonds. The summed E-state index contributed by atoms with van der Waals surface area (Å²) in [6.45, 7) is 2.26. The highest BCUT2D eigenvalue weighted by Crippen LogP contribution is 2.26. The number of carbonyl (C=O) groups excluding carboxylic acids is 1. The number of nitro benzene ring substituents is 1. The highest BCUT2D eigenvalue weighted by Gasteiger charge is 2.16. The van der Waals surface area contributed by atoms with Crippen LogP contribution in [0.1, 0.15) is 21.6 Å². The number of nitro groups is 1. The maximum atomic E-state index is 11.1. The fourth-order valence-corrected chi connectivity index (χ4v) is 2.00. The smallest absolute Gasteiger partial charge is 0.293 e. The van der Waals surface area contributed by atoms with Crippen molar-refractivity contribution in [3.63, 3.8) is 0 Å². The Morgan fingerprint density at radius 2 is 2.24 bits per heavy atom. The minimum atomic E-state index is -0.701. The molecule has 1 aromatic carbocycles. The number of amides is 1. The van der Waals surface area contributed by atoms with Gasteiger partial charge in [-0.1, -0.05) is 0 Å². The maximum absolute atomic E-state index is 11.1. The van der Waals surface area contributed by atoms with Gasteiger partial charge in [0.25, 0.3) is 5.69 Å². The number of primary amides is 1. The van der Waals surface area contributed by atoms with E-state index in [1.54, 1.807) is 11.7 Å². The zero-order valence-corrected chi connectivity index (χ0v) is 11.7. The number of hydrogen-bond donors (Lipinski definition) is 2. The Hall–Kier alpha value is -2.90. The van der Waals surface area contributed by atoms with E-state index in [0.29, 0.717) is 12.2 Å². The summed E-state index contributed by atoms with van der Waals surface area (Å²) in [7, 11) is 1.81. The average molecular weight is 289 g/mol. The summed E-state index contributed by atoms with van der Waals surface area (Å²) < 4.78 is 1.68. The van der Waals surface area contributed by atoms with E-state index in [1.165, 1.54) is 18.2 Å². The van der Waals surface area contributed by atoms with Gasteiger partial charge in [0.2, 0.25) is 5.91 Å². The zero-order valence-electron chi connectivity index (χ0n) is 11.7. The van der Waals surface area contributed by atoms with Crippen LogP contribution in [0.15, 0.2) is 24.4 Å². The first-order valence-electron chi connectivity index (χ1n) is 6.19. The van der Waals surface area contributed by atoms with Gasteiger partial charge < -0.3 is 11.1 Å². The van der Waals surface area contributed by atoms with Crippen LogP contribution in [0.2, 0.25) is 0 Å². The predicted octanol–water partition coefficient (Wildman–Crippen LogP) is 1.35. The number of aromatic nitrogens is 2. The molecule has 0 saturated carbocycles. The third-order valence-electron chi connectivity index (χ3n) is 3.06. The summed E-state index contributed by atoms with van der Waals surface area (Å²) >= 11 is 0. The molecule has 0 aliphatic carbocycles. The number of nitrogens with two attached hydrogens (primary N) is 1. The number of benzene rings is 1. The normalized spacial score (nSPS) is 10.4. The number of anilines is 1. The van der Waals surface area contributed by atoms with E-state index >= 15 is 0 Å². The van der Waals surface area contributed by atoms with Gasteiger partial charge in [0, 0.05) is 37.0 Å². The van der Waals surface area contributed by atoms with E-state index < -0.39 is 10.8 Å². The van der Waals surface area contributed by atoms with Crippen molar-refractivity contribution in [1.82, 2.24) is 9.78 Å². The van der Waals surface area contributed by atoms with E-state index in [0.717, 1.165) is 11.3 Å². The second-order valence-corrected chi connectivity index (χ2v) is 4.62. The van der Waals surface area contributed by atoms with Gasteiger partial charge in [-0.05, 0) is 19.1 Å². The van der Waals surface area contributed by atoms with E-state index in [-0.39, 0.29) is 11.3 Å². The molecule has 0 unspecified atom stereocenters. The molecule has 1 heterocycles. The molecule has 0 aliphatic heterocycles. The largest absolute Gasteiger partial charge is 0.375 e. The zero-order chi connectivity index (χ0) is 15.6. The number of rotatable bonds is 5. The van der Waals surface area contributed by atoms with Crippen LogP contribution in [-0.4, -0.2) is 20.6 Å². The molecule has 8 heteroatoms. The summed E-state index contributed by atoms with van der Waals surface area (Å²) in [4.78, 5) is 21.6. The third-order valence-corrected chi connectivity index (χ3v) is 3.06. The second-order valence-electron chi connectivity index (χ2n) is 4.62. The summed E-state index contributed by atoms with van der Waals surface area (Å²) in [6.07, 6.45) is 1.84. The van der Waals surface area contributed by atoms with Gasteiger partial charge in [0.1, 0.15) is 5.69 Å². The number of nitrogens with one attached hydrogen (secondary N) is 1. The number of hydrogen-bond acceptors (Lipinski definition) is 5. The van der Waals surface area contributed by atoms with Crippen molar-refractivity contribution >= 4 is 17.3 Å². The Morgan fingerprint density at radius 3 is 2.76 bits per heavy atom. The quantitative estimate of drug-likeness (QED) is 0.636. The summed E-state index contributed by atoms with van der Waals surface area (Å²) in [5, 5.41) is 18.3. The molecule has 0 radical (unpaired) electrons. The van der Waals surface area contributed by atoms with Crippen LogP contribution in [0.5, 0.6) is 0 Å². The van der Waals surface area contributed by atoms with Crippen molar-refractivity contribution in [1.29, 1.82) is 0 Å². The van der Waals surface area contributed by atoms with Gasteiger partial charge >= 0.3 is 0 Å². The highest BCUT2D eigenvalue weighted by atomic mass is 16.6. The van der Waals surface area contributed by atoms with Crippen LogP contribution in [0, 0.1) is 17.0 Å². The predicted molar refractivity (Wildman–Crippen MR) is 76.9 cm³/mol. The van der Waals surface area contributed by atoms with Gasteiger partial charge in [-0.3, -0.25) is 19.6 Å². The lowest BCUT2D eigenvalue weighted by atomic mass is 10.1. The molecule has 0 bridgehead atoms. The minimum absolute atomic E-state index is 0.102.